The summed E-state index contributed by atoms with van der Waals surface area (Å²) in [6.07, 6.45) is -4.38. The minimum absolute atomic E-state index is 0.156. The Labute approximate surface area is 165 Å². The lowest BCUT2D eigenvalue weighted by Gasteiger charge is -2.11. The molecule has 150 valence electrons. The van der Waals surface area contributed by atoms with Gasteiger partial charge in [-0.3, -0.25) is 0 Å². The first kappa shape index (κ1) is 20.4. The maximum absolute atomic E-state index is 13.2. The average Bonchev–Trinajstić information content (AvgIpc) is 2.71. The monoisotopic (exact) mass is 403 g/mol. The number of rotatable bonds is 6. The summed E-state index contributed by atoms with van der Waals surface area (Å²) < 4.78 is 56.7. The van der Waals surface area contributed by atoms with Crippen molar-refractivity contribution >= 4 is 5.71 Å². The zero-order chi connectivity index (χ0) is 20.9. The third-order valence-electron chi connectivity index (χ3n) is 4.09. The second kappa shape index (κ2) is 8.77. The Morgan fingerprint density at radius 3 is 2.21 bits per heavy atom. The number of oxime groups is 1. The normalized spacial score (nSPS) is 12.0. The van der Waals surface area contributed by atoms with Crippen LogP contribution in [-0.4, -0.2) is 12.8 Å². The topological polar surface area (TPSA) is 30.8 Å². The first-order valence-electron chi connectivity index (χ1n) is 8.63. The van der Waals surface area contributed by atoms with Gasteiger partial charge in [0.05, 0.1) is 5.56 Å². The summed E-state index contributed by atoms with van der Waals surface area (Å²) in [6.45, 7) is 0.156. The van der Waals surface area contributed by atoms with Crippen LogP contribution in [0.1, 0.15) is 22.3 Å². The minimum atomic E-state index is -4.38. The van der Waals surface area contributed by atoms with E-state index in [0.717, 1.165) is 23.3 Å². The van der Waals surface area contributed by atoms with Gasteiger partial charge in [-0.05, 0) is 60.2 Å². The van der Waals surface area contributed by atoms with Gasteiger partial charge in [0.1, 0.15) is 31.0 Å². The SMILES string of the molecule is CON=C(c1ccc(F)cc1)c1cccc(COc2ccc(C(F)(F)F)cc2)c1. The van der Waals surface area contributed by atoms with Crippen molar-refractivity contribution in [3.8, 4) is 5.75 Å². The van der Waals surface area contributed by atoms with Gasteiger partial charge < -0.3 is 9.57 Å². The van der Waals surface area contributed by atoms with E-state index >= 15 is 0 Å². The van der Waals surface area contributed by atoms with E-state index in [1.165, 1.54) is 31.4 Å². The van der Waals surface area contributed by atoms with E-state index in [0.29, 0.717) is 17.0 Å². The maximum atomic E-state index is 13.2. The van der Waals surface area contributed by atoms with Gasteiger partial charge in [-0.25, -0.2) is 4.39 Å². The van der Waals surface area contributed by atoms with Crippen molar-refractivity contribution in [2.75, 3.05) is 7.11 Å². The molecule has 0 unspecified atom stereocenters. The number of benzene rings is 3. The molecule has 0 N–H and O–H groups in total. The molecule has 3 aromatic carbocycles. The molecule has 7 heteroatoms. The molecular formula is C22H17F4NO2. The second-order valence-corrected chi connectivity index (χ2v) is 6.14. The van der Waals surface area contributed by atoms with Crippen molar-refractivity contribution < 1.29 is 27.1 Å². The number of nitrogens with zero attached hydrogens (tertiary/aromatic N) is 1. The van der Waals surface area contributed by atoms with Gasteiger partial charge in [0.2, 0.25) is 0 Å². The standard InChI is InChI=1S/C22H17F4NO2/c1-28-27-21(16-5-9-19(23)10-6-16)17-4-2-3-15(13-17)14-29-20-11-7-18(8-12-20)22(24,25)26/h2-13H,14H2,1H3. The van der Waals surface area contributed by atoms with Crippen LogP contribution in [0.2, 0.25) is 0 Å². The van der Waals surface area contributed by atoms with E-state index in [-0.39, 0.29) is 12.4 Å². The predicted molar refractivity (Wildman–Crippen MR) is 101 cm³/mol. The van der Waals surface area contributed by atoms with Crippen molar-refractivity contribution in [2.24, 2.45) is 5.16 Å². The Kier molecular flexibility index (Phi) is 6.16. The van der Waals surface area contributed by atoms with Crippen LogP contribution in [0.3, 0.4) is 0 Å². The molecule has 3 rings (SSSR count). The minimum Gasteiger partial charge on any atom is -0.489 e. The van der Waals surface area contributed by atoms with Gasteiger partial charge in [-0.1, -0.05) is 23.4 Å². The summed E-state index contributed by atoms with van der Waals surface area (Å²) >= 11 is 0. The van der Waals surface area contributed by atoms with Crippen molar-refractivity contribution in [3.63, 3.8) is 0 Å². The molecule has 0 atom stereocenters. The zero-order valence-corrected chi connectivity index (χ0v) is 15.4. The Bertz CT molecular complexity index is 981. The molecule has 0 saturated heterocycles. The maximum Gasteiger partial charge on any atom is 0.416 e. The number of ether oxygens (including phenoxy) is 1. The highest BCUT2D eigenvalue weighted by Gasteiger charge is 2.30. The number of halogens is 4. The van der Waals surface area contributed by atoms with Crippen molar-refractivity contribution in [1.82, 2.24) is 0 Å². The van der Waals surface area contributed by atoms with Crippen LogP contribution in [-0.2, 0) is 17.6 Å². The fourth-order valence-corrected chi connectivity index (χ4v) is 2.69. The van der Waals surface area contributed by atoms with E-state index < -0.39 is 11.7 Å². The Balaban J connectivity index is 1.76. The second-order valence-electron chi connectivity index (χ2n) is 6.14. The van der Waals surface area contributed by atoms with Crippen LogP contribution in [0.4, 0.5) is 17.6 Å². The quantitative estimate of drug-likeness (QED) is 0.295. The summed E-state index contributed by atoms with van der Waals surface area (Å²) in [5.74, 6) is -0.0306. The van der Waals surface area contributed by atoms with Gasteiger partial charge in [-0.15, -0.1) is 0 Å². The molecule has 0 spiro atoms. The smallest absolute Gasteiger partial charge is 0.416 e. The van der Waals surface area contributed by atoms with E-state index in [4.69, 9.17) is 9.57 Å². The molecule has 0 bridgehead atoms. The molecule has 0 saturated carbocycles. The van der Waals surface area contributed by atoms with E-state index in [1.807, 2.05) is 18.2 Å². The van der Waals surface area contributed by atoms with Gasteiger partial charge in [0.25, 0.3) is 0 Å². The fourth-order valence-electron chi connectivity index (χ4n) is 2.69. The summed E-state index contributed by atoms with van der Waals surface area (Å²) in [5, 5.41) is 4.03. The lowest BCUT2D eigenvalue weighted by Crippen LogP contribution is -2.06. The van der Waals surface area contributed by atoms with E-state index in [1.54, 1.807) is 18.2 Å². The lowest BCUT2D eigenvalue weighted by molar-refractivity contribution is -0.137. The van der Waals surface area contributed by atoms with Crippen molar-refractivity contribution in [1.29, 1.82) is 0 Å². The third kappa shape index (κ3) is 5.34. The molecular weight excluding hydrogens is 386 g/mol. The molecule has 0 aromatic heterocycles. The van der Waals surface area contributed by atoms with Crippen LogP contribution < -0.4 is 4.74 Å². The van der Waals surface area contributed by atoms with Gasteiger partial charge in [0, 0.05) is 11.1 Å². The first-order chi connectivity index (χ1) is 13.9. The summed E-state index contributed by atoms with van der Waals surface area (Å²) in [7, 11) is 1.42. The van der Waals surface area contributed by atoms with Gasteiger partial charge in [0.15, 0.2) is 0 Å². The van der Waals surface area contributed by atoms with Crippen LogP contribution in [0, 0.1) is 5.82 Å². The number of alkyl halides is 3. The molecule has 0 aliphatic heterocycles. The molecule has 0 amide bonds. The zero-order valence-electron chi connectivity index (χ0n) is 15.4. The molecule has 0 aliphatic rings. The molecule has 0 aliphatic carbocycles. The number of hydrogen-bond donors (Lipinski definition) is 0. The fraction of sp³-hybridized carbons (Fsp3) is 0.136. The molecule has 0 radical (unpaired) electrons. The Morgan fingerprint density at radius 2 is 1.59 bits per heavy atom. The summed E-state index contributed by atoms with van der Waals surface area (Å²) in [5.41, 5.74) is 1.98. The summed E-state index contributed by atoms with van der Waals surface area (Å²) in [6, 6.07) is 17.6. The summed E-state index contributed by atoms with van der Waals surface area (Å²) in [4.78, 5) is 4.92. The van der Waals surface area contributed by atoms with E-state index in [2.05, 4.69) is 5.16 Å². The Hall–Kier alpha value is -3.35. The van der Waals surface area contributed by atoms with Crippen LogP contribution in [0.25, 0.3) is 0 Å². The molecule has 3 aromatic rings. The molecule has 0 heterocycles. The van der Waals surface area contributed by atoms with Crippen LogP contribution in [0.15, 0.2) is 78.0 Å². The van der Waals surface area contributed by atoms with Crippen molar-refractivity contribution in [2.45, 2.75) is 12.8 Å². The van der Waals surface area contributed by atoms with E-state index in [9.17, 15) is 17.6 Å². The first-order valence-corrected chi connectivity index (χ1v) is 8.63. The largest absolute Gasteiger partial charge is 0.489 e. The molecule has 29 heavy (non-hydrogen) atoms. The van der Waals surface area contributed by atoms with Crippen molar-refractivity contribution in [3.05, 3.63) is 101 Å². The number of hydrogen-bond acceptors (Lipinski definition) is 3. The average molecular weight is 403 g/mol. The lowest BCUT2D eigenvalue weighted by atomic mass is 10.0. The Morgan fingerprint density at radius 1 is 0.897 bits per heavy atom. The highest BCUT2D eigenvalue weighted by atomic mass is 19.4. The third-order valence-corrected chi connectivity index (χ3v) is 4.09. The van der Waals surface area contributed by atoms with Gasteiger partial charge in [-0.2, -0.15) is 13.2 Å². The molecule has 0 fully saturated rings. The highest BCUT2D eigenvalue weighted by molar-refractivity contribution is 6.12. The van der Waals surface area contributed by atoms with Crippen LogP contribution in [0.5, 0.6) is 5.75 Å². The predicted octanol–water partition coefficient (Wildman–Crippen LogP) is 5.82. The van der Waals surface area contributed by atoms with Crippen LogP contribution >= 0.6 is 0 Å². The van der Waals surface area contributed by atoms with Gasteiger partial charge >= 0.3 is 6.18 Å². The highest BCUT2D eigenvalue weighted by Crippen LogP contribution is 2.30. The molecule has 3 nitrogen and oxygen atoms in total.